The summed E-state index contributed by atoms with van der Waals surface area (Å²) in [6.07, 6.45) is 3.58. The number of H-pyrrole nitrogens is 1. The molecule has 0 aliphatic rings. The molecule has 0 fully saturated rings. The summed E-state index contributed by atoms with van der Waals surface area (Å²) in [6.45, 7) is 6.36. The average molecular weight is 340 g/mol. The Morgan fingerprint density at radius 1 is 1.33 bits per heavy atom. The number of nitrogens with zero attached hydrogens (tertiary/aromatic N) is 3. The van der Waals surface area contributed by atoms with Gasteiger partial charge in [0.15, 0.2) is 0 Å². The Bertz CT molecular complexity index is 915. The van der Waals surface area contributed by atoms with Crippen LogP contribution in [0.25, 0.3) is 11.3 Å². The van der Waals surface area contributed by atoms with Crippen LogP contribution in [0.15, 0.2) is 70.2 Å². The minimum Gasteiger partial charge on any atom is -0.360 e. The first-order valence-corrected chi connectivity index (χ1v) is 8.30. The van der Waals surface area contributed by atoms with Crippen LogP contribution < -0.4 is 4.80 Å². The van der Waals surface area contributed by atoms with Gasteiger partial charge in [0.25, 0.3) is 0 Å². The van der Waals surface area contributed by atoms with Crippen molar-refractivity contribution in [2.45, 2.75) is 6.92 Å². The van der Waals surface area contributed by atoms with Gasteiger partial charge >= 0.3 is 0 Å². The number of aromatic nitrogens is 2. The van der Waals surface area contributed by atoms with E-state index in [0.29, 0.717) is 6.54 Å². The van der Waals surface area contributed by atoms with E-state index < -0.39 is 0 Å². The van der Waals surface area contributed by atoms with Crippen LogP contribution >= 0.6 is 11.3 Å². The molecule has 0 radical (unpaired) electrons. The predicted octanol–water partition coefficient (Wildman–Crippen LogP) is 4.04. The molecule has 0 unspecified atom stereocenters. The predicted molar refractivity (Wildman–Crippen MR) is 96.7 cm³/mol. The monoisotopic (exact) mass is 340 g/mol. The second kappa shape index (κ2) is 7.23. The van der Waals surface area contributed by atoms with E-state index >= 15 is 0 Å². The molecule has 0 bridgehead atoms. The standard InChI is InChI=1S/C18H17FN4S/c1-13(2)10-21-18-23(22-11-16-4-3-9-20-16)17(12-24-18)14-5-7-15(19)8-6-14/h3-9,11-12,20H,1,10H2,2H3. The number of nitrogens with one attached hydrogen (secondary N) is 1. The van der Waals surface area contributed by atoms with Gasteiger partial charge in [-0.15, -0.1) is 11.3 Å². The summed E-state index contributed by atoms with van der Waals surface area (Å²) >= 11 is 1.49. The van der Waals surface area contributed by atoms with E-state index in [1.807, 2.05) is 30.6 Å². The molecule has 0 atom stereocenters. The molecule has 0 saturated carbocycles. The SMILES string of the molecule is C=C(C)CN=c1scc(-c2ccc(F)cc2)n1N=Cc1ccc[nH]1. The maximum atomic E-state index is 13.2. The molecular weight excluding hydrogens is 323 g/mol. The van der Waals surface area contributed by atoms with Crippen molar-refractivity contribution in [3.05, 3.63) is 76.4 Å². The molecule has 4 nitrogen and oxygen atoms in total. The minimum atomic E-state index is -0.261. The van der Waals surface area contributed by atoms with Crippen molar-refractivity contribution in [3.8, 4) is 11.3 Å². The fourth-order valence-electron chi connectivity index (χ4n) is 2.09. The maximum Gasteiger partial charge on any atom is 0.206 e. The number of halogens is 1. The van der Waals surface area contributed by atoms with Crippen molar-refractivity contribution in [1.29, 1.82) is 0 Å². The summed E-state index contributed by atoms with van der Waals surface area (Å²) in [5.74, 6) is -0.261. The van der Waals surface area contributed by atoms with Crippen molar-refractivity contribution in [2.75, 3.05) is 6.54 Å². The summed E-state index contributed by atoms with van der Waals surface area (Å²) in [7, 11) is 0. The van der Waals surface area contributed by atoms with Crippen LogP contribution in [0.5, 0.6) is 0 Å². The highest BCUT2D eigenvalue weighted by Gasteiger charge is 2.07. The number of rotatable bonds is 5. The molecule has 3 rings (SSSR count). The quantitative estimate of drug-likeness (QED) is 0.538. The van der Waals surface area contributed by atoms with Gasteiger partial charge in [0.2, 0.25) is 4.80 Å². The molecule has 0 saturated heterocycles. The molecule has 1 N–H and O–H groups in total. The third-order valence-corrected chi connectivity index (χ3v) is 4.10. The zero-order valence-corrected chi connectivity index (χ0v) is 14.1. The van der Waals surface area contributed by atoms with Gasteiger partial charge < -0.3 is 4.98 Å². The van der Waals surface area contributed by atoms with Crippen LogP contribution in [0, 0.1) is 5.82 Å². The van der Waals surface area contributed by atoms with Gasteiger partial charge in [-0.05, 0) is 43.3 Å². The van der Waals surface area contributed by atoms with Gasteiger partial charge in [-0.1, -0.05) is 12.2 Å². The van der Waals surface area contributed by atoms with E-state index in [9.17, 15) is 4.39 Å². The first-order valence-electron chi connectivity index (χ1n) is 7.42. The number of aromatic amines is 1. The van der Waals surface area contributed by atoms with E-state index in [-0.39, 0.29) is 5.82 Å². The van der Waals surface area contributed by atoms with Gasteiger partial charge in [-0.2, -0.15) is 5.10 Å². The number of thiazole rings is 1. The summed E-state index contributed by atoms with van der Waals surface area (Å²) in [4.78, 5) is 8.40. The molecule has 0 aliphatic heterocycles. The van der Waals surface area contributed by atoms with Gasteiger partial charge in [-0.25, -0.2) is 9.07 Å². The first kappa shape index (κ1) is 16.1. The highest BCUT2D eigenvalue weighted by atomic mass is 32.1. The molecule has 2 heterocycles. The number of hydrogen-bond donors (Lipinski definition) is 1. The molecular formula is C18H17FN4S. The van der Waals surface area contributed by atoms with E-state index in [4.69, 9.17) is 0 Å². The van der Waals surface area contributed by atoms with Crippen molar-refractivity contribution in [3.63, 3.8) is 0 Å². The Kier molecular flexibility index (Phi) is 4.86. The van der Waals surface area contributed by atoms with Crippen LogP contribution in [-0.4, -0.2) is 22.4 Å². The van der Waals surface area contributed by atoms with E-state index in [2.05, 4.69) is 21.7 Å². The first-order chi connectivity index (χ1) is 11.6. The zero-order valence-electron chi connectivity index (χ0n) is 13.2. The van der Waals surface area contributed by atoms with Crippen molar-refractivity contribution < 1.29 is 4.39 Å². The zero-order chi connectivity index (χ0) is 16.9. The lowest BCUT2D eigenvalue weighted by Gasteiger charge is -2.03. The van der Waals surface area contributed by atoms with E-state index in [0.717, 1.165) is 27.3 Å². The number of benzene rings is 1. The Morgan fingerprint density at radius 3 is 2.79 bits per heavy atom. The highest BCUT2D eigenvalue weighted by Crippen LogP contribution is 2.20. The Morgan fingerprint density at radius 2 is 2.12 bits per heavy atom. The van der Waals surface area contributed by atoms with Crippen LogP contribution in [0.1, 0.15) is 12.6 Å². The van der Waals surface area contributed by atoms with Crippen molar-refractivity contribution in [2.24, 2.45) is 10.1 Å². The summed E-state index contributed by atoms with van der Waals surface area (Å²) < 4.78 is 15.0. The molecule has 24 heavy (non-hydrogen) atoms. The molecule has 2 aromatic heterocycles. The fraction of sp³-hybridized carbons (Fsp3) is 0.111. The molecule has 122 valence electrons. The van der Waals surface area contributed by atoms with Crippen molar-refractivity contribution >= 4 is 17.6 Å². The van der Waals surface area contributed by atoms with Crippen LogP contribution in [0.4, 0.5) is 4.39 Å². The smallest absolute Gasteiger partial charge is 0.206 e. The Balaban J connectivity index is 2.06. The highest BCUT2D eigenvalue weighted by molar-refractivity contribution is 7.07. The molecule has 0 amide bonds. The lowest BCUT2D eigenvalue weighted by molar-refractivity contribution is 0.628. The van der Waals surface area contributed by atoms with Crippen LogP contribution in [-0.2, 0) is 0 Å². The van der Waals surface area contributed by atoms with Gasteiger partial charge in [-0.3, -0.25) is 4.99 Å². The largest absolute Gasteiger partial charge is 0.360 e. The normalized spacial score (nSPS) is 12.2. The average Bonchev–Trinajstić information content (AvgIpc) is 3.21. The third kappa shape index (κ3) is 3.78. The molecule has 1 aromatic carbocycles. The second-order valence-corrected chi connectivity index (χ2v) is 6.20. The van der Waals surface area contributed by atoms with E-state index in [1.54, 1.807) is 23.0 Å². The van der Waals surface area contributed by atoms with Gasteiger partial charge in [0.05, 0.1) is 24.1 Å². The third-order valence-electron chi connectivity index (χ3n) is 3.24. The summed E-state index contributed by atoms with van der Waals surface area (Å²) in [6, 6.07) is 10.2. The Hall–Kier alpha value is -2.73. The maximum absolute atomic E-state index is 13.2. The fourth-order valence-corrected chi connectivity index (χ4v) is 2.92. The van der Waals surface area contributed by atoms with Crippen LogP contribution in [0.3, 0.4) is 0 Å². The number of hydrogen-bond acceptors (Lipinski definition) is 3. The molecule has 0 spiro atoms. The van der Waals surface area contributed by atoms with Gasteiger partial charge in [0, 0.05) is 17.1 Å². The minimum absolute atomic E-state index is 0.261. The lowest BCUT2D eigenvalue weighted by Crippen LogP contribution is -2.13. The topological polar surface area (TPSA) is 45.4 Å². The Labute approximate surface area is 143 Å². The molecule has 6 heteroatoms. The second-order valence-electron chi connectivity index (χ2n) is 5.37. The molecule has 3 aromatic rings. The van der Waals surface area contributed by atoms with E-state index in [1.165, 1.54) is 23.5 Å². The summed E-state index contributed by atoms with van der Waals surface area (Å²) in [5, 5.41) is 6.51. The molecule has 0 aliphatic carbocycles. The van der Waals surface area contributed by atoms with Crippen LogP contribution in [0.2, 0.25) is 0 Å². The van der Waals surface area contributed by atoms with Gasteiger partial charge in [0.1, 0.15) is 5.82 Å². The summed E-state index contributed by atoms with van der Waals surface area (Å²) in [5.41, 5.74) is 3.62. The van der Waals surface area contributed by atoms with Crippen molar-refractivity contribution in [1.82, 2.24) is 9.66 Å². The lowest BCUT2D eigenvalue weighted by atomic mass is 10.2.